The van der Waals surface area contributed by atoms with Crippen LogP contribution in [-0.4, -0.2) is 17.3 Å². The summed E-state index contributed by atoms with van der Waals surface area (Å²) < 4.78 is 38.3. The van der Waals surface area contributed by atoms with E-state index in [1.807, 2.05) is 6.92 Å². The monoisotopic (exact) mass is 371 g/mol. The quantitative estimate of drug-likeness (QED) is 0.769. The molecule has 0 saturated heterocycles. The molecule has 1 unspecified atom stereocenters. The molecule has 0 saturated carbocycles. The van der Waals surface area contributed by atoms with E-state index in [0.717, 1.165) is 12.1 Å². The van der Waals surface area contributed by atoms with Crippen LogP contribution in [0.3, 0.4) is 0 Å². The van der Waals surface area contributed by atoms with E-state index < -0.39 is 23.2 Å². The van der Waals surface area contributed by atoms with Crippen molar-refractivity contribution in [2.24, 2.45) is 0 Å². The molecular weight excluding hydrogens is 358 g/mol. The lowest BCUT2D eigenvalue weighted by Crippen LogP contribution is -2.47. The van der Waals surface area contributed by atoms with Gasteiger partial charge in [0.2, 0.25) is 0 Å². The average molecular weight is 373 g/mol. The molecule has 1 aromatic carbocycles. The lowest BCUT2D eigenvalue weighted by Gasteiger charge is -2.27. The number of benzene rings is 1. The van der Waals surface area contributed by atoms with E-state index in [4.69, 9.17) is 11.6 Å². The molecule has 0 aliphatic heterocycles. The summed E-state index contributed by atoms with van der Waals surface area (Å²) in [7, 11) is 0. The van der Waals surface area contributed by atoms with Gasteiger partial charge in [0.15, 0.2) is 0 Å². The third kappa shape index (κ3) is 4.12. The predicted molar refractivity (Wildman–Crippen MR) is 76.0 cm³/mol. The molecule has 112 valence electrons. The zero-order chi connectivity index (χ0) is 15.6. The molecule has 1 rings (SSSR count). The highest BCUT2D eigenvalue weighted by Gasteiger charge is 2.32. The molecule has 1 atom stereocenters. The number of hydrogen-bond donors (Lipinski definition) is 1. The summed E-state index contributed by atoms with van der Waals surface area (Å²) in [5, 5.41) is 2.66. The lowest BCUT2D eigenvalue weighted by atomic mass is 10.0. The smallest absolute Gasteiger partial charge is 0.346 e. The Kier molecular flexibility index (Phi) is 5.49. The van der Waals surface area contributed by atoms with Crippen molar-refractivity contribution in [2.75, 3.05) is 5.88 Å². The van der Waals surface area contributed by atoms with Crippen LogP contribution in [0.2, 0.25) is 0 Å². The first-order valence-electron chi connectivity index (χ1n) is 5.88. The molecule has 1 aromatic rings. The number of rotatable bonds is 4. The van der Waals surface area contributed by atoms with Crippen molar-refractivity contribution in [3.63, 3.8) is 0 Å². The number of carbonyl (C=O) groups excluding carboxylic acids is 1. The Balaban J connectivity index is 3.10. The molecule has 0 fully saturated rings. The highest BCUT2D eigenvalue weighted by Crippen LogP contribution is 2.32. The second-order valence-electron chi connectivity index (χ2n) is 4.69. The van der Waals surface area contributed by atoms with Crippen molar-refractivity contribution in [2.45, 2.75) is 32.0 Å². The van der Waals surface area contributed by atoms with Crippen LogP contribution in [0.4, 0.5) is 13.2 Å². The molecule has 0 aromatic heterocycles. The summed E-state index contributed by atoms with van der Waals surface area (Å²) in [6, 6.07) is 2.95. The Hall–Kier alpha value is -0.750. The van der Waals surface area contributed by atoms with Crippen molar-refractivity contribution in [1.82, 2.24) is 5.32 Å². The van der Waals surface area contributed by atoms with Crippen molar-refractivity contribution in [1.29, 1.82) is 0 Å². The fourth-order valence-electron chi connectivity index (χ4n) is 1.43. The minimum atomic E-state index is -4.49. The summed E-state index contributed by atoms with van der Waals surface area (Å²) in [5.74, 6) is -0.417. The van der Waals surface area contributed by atoms with Gasteiger partial charge in [0.25, 0.3) is 5.91 Å². The van der Waals surface area contributed by atoms with Gasteiger partial charge in [-0.25, -0.2) is 0 Å². The standard InChI is InChI=1S/C13H14BrClF3NO/c1-3-12(2,7-15)19-11(20)9-6-8(13(16,17)18)4-5-10(9)14/h4-6H,3,7H2,1-2H3,(H,19,20). The second-order valence-corrected chi connectivity index (χ2v) is 5.82. The summed E-state index contributed by atoms with van der Waals surface area (Å²) >= 11 is 8.87. The largest absolute Gasteiger partial charge is 0.416 e. The predicted octanol–water partition coefficient (Wildman–Crippen LogP) is 4.61. The van der Waals surface area contributed by atoms with Crippen LogP contribution < -0.4 is 5.32 Å². The topological polar surface area (TPSA) is 29.1 Å². The molecular formula is C13H14BrClF3NO. The summed E-state index contributed by atoms with van der Waals surface area (Å²) in [4.78, 5) is 12.1. The third-order valence-corrected chi connectivity index (χ3v) is 4.31. The Morgan fingerprint density at radius 2 is 2.00 bits per heavy atom. The van der Waals surface area contributed by atoms with Gasteiger partial charge < -0.3 is 5.32 Å². The zero-order valence-electron chi connectivity index (χ0n) is 10.9. The van der Waals surface area contributed by atoms with Crippen molar-refractivity contribution in [3.05, 3.63) is 33.8 Å². The Morgan fingerprint density at radius 3 is 2.45 bits per heavy atom. The maximum atomic E-state index is 12.7. The molecule has 1 amide bonds. The van der Waals surface area contributed by atoms with Crippen molar-refractivity contribution in [3.8, 4) is 0 Å². The first kappa shape index (κ1) is 17.3. The van der Waals surface area contributed by atoms with E-state index in [1.165, 1.54) is 6.07 Å². The molecule has 0 radical (unpaired) electrons. The van der Waals surface area contributed by atoms with Gasteiger partial charge in [0.05, 0.1) is 16.7 Å². The van der Waals surface area contributed by atoms with Gasteiger partial charge in [-0.2, -0.15) is 13.2 Å². The van der Waals surface area contributed by atoms with Crippen LogP contribution in [0, 0.1) is 0 Å². The maximum Gasteiger partial charge on any atom is 0.416 e. The molecule has 0 bridgehead atoms. The van der Waals surface area contributed by atoms with E-state index in [-0.39, 0.29) is 11.4 Å². The number of halogens is 5. The van der Waals surface area contributed by atoms with E-state index in [2.05, 4.69) is 21.2 Å². The number of alkyl halides is 4. The van der Waals surface area contributed by atoms with Crippen LogP contribution in [0.15, 0.2) is 22.7 Å². The Labute approximate surface area is 128 Å². The van der Waals surface area contributed by atoms with Gasteiger partial charge in [-0.15, -0.1) is 11.6 Å². The van der Waals surface area contributed by atoms with Gasteiger partial charge in [-0.3, -0.25) is 4.79 Å². The molecule has 0 aliphatic carbocycles. The van der Waals surface area contributed by atoms with E-state index in [9.17, 15) is 18.0 Å². The van der Waals surface area contributed by atoms with Crippen molar-refractivity contribution < 1.29 is 18.0 Å². The van der Waals surface area contributed by atoms with Crippen LogP contribution in [0.5, 0.6) is 0 Å². The van der Waals surface area contributed by atoms with Crippen LogP contribution in [0.1, 0.15) is 36.2 Å². The summed E-state index contributed by atoms with van der Waals surface area (Å²) in [6.45, 7) is 3.57. The minimum Gasteiger partial charge on any atom is -0.346 e. The lowest BCUT2D eigenvalue weighted by molar-refractivity contribution is -0.137. The van der Waals surface area contributed by atoms with E-state index in [0.29, 0.717) is 10.9 Å². The zero-order valence-corrected chi connectivity index (χ0v) is 13.3. The highest BCUT2D eigenvalue weighted by atomic mass is 79.9. The minimum absolute atomic E-state index is 0.0652. The van der Waals surface area contributed by atoms with Crippen LogP contribution >= 0.6 is 27.5 Å². The fraction of sp³-hybridized carbons (Fsp3) is 0.462. The molecule has 7 heteroatoms. The molecule has 0 aliphatic rings. The first-order chi connectivity index (χ1) is 9.13. The van der Waals surface area contributed by atoms with Gasteiger partial charge >= 0.3 is 6.18 Å². The van der Waals surface area contributed by atoms with Crippen molar-refractivity contribution >= 4 is 33.4 Å². The Morgan fingerprint density at radius 1 is 1.40 bits per heavy atom. The normalized spacial score (nSPS) is 14.8. The molecule has 0 spiro atoms. The van der Waals surface area contributed by atoms with Gasteiger partial charge in [-0.05, 0) is 47.5 Å². The first-order valence-corrected chi connectivity index (χ1v) is 7.21. The Bertz CT molecular complexity index is 501. The molecule has 0 heterocycles. The molecule has 20 heavy (non-hydrogen) atoms. The van der Waals surface area contributed by atoms with Crippen LogP contribution in [-0.2, 0) is 6.18 Å². The third-order valence-electron chi connectivity index (χ3n) is 3.03. The number of carbonyl (C=O) groups is 1. The highest BCUT2D eigenvalue weighted by molar-refractivity contribution is 9.10. The number of hydrogen-bond acceptors (Lipinski definition) is 1. The summed E-state index contributed by atoms with van der Waals surface area (Å²) in [6.07, 6.45) is -3.92. The SMILES string of the molecule is CCC(C)(CCl)NC(=O)c1cc(C(F)(F)F)ccc1Br. The van der Waals surface area contributed by atoms with Gasteiger partial charge in [0.1, 0.15) is 0 Å². The average Bonchev–Trinajstić information content (AvgIpc) is 2.37. The van der Waals surface area contributed by atoms with Crippen LogP contribution in [0.25, 0.3) is 0 Å². The number of nitrogens with one attached hydrogen (secondary N) is 1. The van der Waals surface area contributed by atoms with E-state index >= 15 is 0 Å². The maximum absolute atomic E-state index is 12.7. The molecule has 2 nitrogen and oxygen atoms in total. The van der Waals surface area contributed by atoms with E-state index in [1.54, 1.807) is 6.92 Å². The molecule has 1 N–H and O–H groups in total. The van der Waals surface area contributed by atoms with Gasteiger partial charge in [-0.1, -0.05) is 6.92 Å². The second kappa shape index (κ2) is 6.35. The fourth-order valence-corrected chi connectivity index (χ4v) is 2.12. The summed E-state index contributed by atoms with van der Waals surface area (Å²) in [5.41, 5.74) is -1.59. The van der Waals surface area contributed by atoms with Gasteiger partial charge in [0, 0.05) is 10.4 Å². The number of amides is 1.